The van der Waals surface area contributed by atoms with Crippen LogP contribution in [0.3, 0.4) is 0 Å². The van der Waals surface area contributed by atoms with E-state index in [9.17, 15) is 21.6 Å². The minimum atomic E-state index is -5.77. The summed E-state index contributed by atoms with van der Waals surface area (Å²) in [6.45, 7) is 0. The molecule has 10 heteroatoms. The lowest BCUT2D eigenvalue weighted by Crippen LogP contribution is -2.28. The lowest BCUT2D eigenvalue weighted by Gasteiger charge is -2.07. The quantitative estimate of drug-likeness (QED) is 0.655. The second-order valence-electron chi connectivity index (χ2n) is 4.98. The Balaban J connectivity index is 1.95. The molecule has 0 bridgehead atoms. The van der Waals surface area contributed by atoms with Gasteiger partial charge in [0.05, 0.1) is 23.9 Å². The molecule has 2 aromatic rings. The van der Waals surface area contributed by atoms with Crippen molar-refractivity contribution in [3.05, 3.63) is 52.3 Å². The molecule has 0 radical (unpaired) electrons. The summed E-state index contributed by atoms with van der Waals surface area (Å²) in [6.07, 6.45) is 3.27. The molecule has 0 saturated carbocycles. The van der Waals surface area contributed by atoms with Gasteiger partial charge in [-0.1, -0.05) is 18.2 Å². The fourth-order valence-corrected chi connectivity index (χ4v) is 2.60. The maximum absolute atomic E-state index is 12.4. The number of nitrogens with one attached hydrogen (secondary N) is 1. The van der Waals surface area contributed by atoms with E-state index in [1.807, 2.05) is 24.3 Å². The number of benzene rings is 1. The average molecular weight is 372 g/mol. The van der Waals surface area contributed by atoms with Crippen molar-refractivity contribution in [2.45, 2.75) is 5.51 Å². The van der Waals surface area contributed by atoms with Gasteiger partial charge in [-0.3, -0.25) is 0 Å². The molecule has 0 unspecified atom stereocenters. The number of methoxy groups -OCH3 is 1. The summed E-state index contributed by atoms with van der Waals surface area (Å²) < 4.78 is 68.4. The minimum Gasteiger partial charge on any atom is -0.494 e. The monoisotopic (exact) mass is 372 g/mol. The Morgan fingerprint density at radius 2 is 1.96 bits per heavy atom. The highest BCUT2D eigenvalue weighted by molar-refractivity contribution is 7.87. The van der Waals surface area contributed by atoms with Gasteiger partial charge in [-0.05, 0) is 18.2 Å². The van der Waals surface area contributed by atoms with Crippen LogP contribution in [0.15, 0.2) is 41.0 Å². The first kappa shape index (κ1) is 17.1. The number of para-hydroxylation sites is 1. The molecule has 0 spiro atoms. The highest BCUT2D eigenvalue weighted by atomic mass is 32.2. The number of allylic oxidation sites excluding steroid dienone is 1. The van der Waals surface area contributed by atoms with Crippen molar-refractivity contribution in [3.63, 3.8) is 0 Å². The summed E-state index contributed by atoms with van der Waals surface area (Å²) in [5, 5.41) is 1.63. The zero-order valence-corrected chi connectivity index (χ0v) is 13.5. The number of halogens is 3. The molecule has 0 amide bonds. The smallest absolute Gasteiger partial charge is 0.494 e. The first-order valence-electron chi connectivity index (χ1n) is 6.84. The van der Waals surface area contributed by atoms with E-state index in [4.69, 9.17) is 4.74 Å². The molecule has 0 fully saturated rings. The van der Waals surface area contributed by atoms with Crippen LogP contribution < -0.4 is 19.5 Å². The second-order valence-corrected chi connectivity index (χ2v) is 6.52. The largest absolute Gasteiger partial charge is 0.534 e. The van der Waals surface area contributed by atoms with Crippen LogP contribution in [0.4, 0.5) is 13.2 Å². The molecule has 1 aliphatic rings. The van der Waals surface area contributed by atoms with Crippen LogP contribution in [0.25, 0.3) is 12.2 Å². The van der Waals surface area contributed by atoms with Gasteiger partial charge in [0.15, 0.2) is 0 Å². The third-order valence-corrected chi connectivity index (χ3v) is 4.24. The molecule has 1 aromatic carbocycles. The molecular formula is C15H11F3N2O4S. The van der Waals surface area contributed by atoms with Crippen LogP contribution in [0.2, 0.25) is 0 Å². The van der Waals surface area contributed by atoms with Gasteiger partial charge < -0.3 is 13.9 Å². The number of aromatic amines is 1. The molecule has 1 aliphatic heterocycles. The number of nitrogens with zero attached hydrogens (tertiary/aromatic N) is 1. The SMILES string of the molecule is COc1cc(OS(=O)(=O)C(F)(F)F)[nH]c1/C=C1/C=c2ccccc2=N1. The minimum absolute atomic E-state index is 0.111. The van der Waals surface area contributed by atoms with Crippen molar-refractivity contribution in [2.24, 2.45) is 4.99 Å². The van der Waals surface area contributed by atoms with Gasteiger partial charge in [-0.15, -0.1) is 0 Å². The van der Waals surface area contributed by atoms with Crippen molar-refractivity contribution >= 4 is 22.3 Å². The van der Waals surface area contributed by atoms with E-state index in [1.54, 1.807) is 6.08 Å². The third-order valence-electron chi connectivity index (χ3n) is 3.27. The standard InChI is InChI=1S/C15H11F3N2O4S/c1-23-13-8-14(24-25(21,22)15(16,17)18)20-12(13)7-10-6-9-4-2-3-5-11(9)19-10/h2-8,20H,1H3/b10-7-. The zero-order chi connectivity index (χ0) is 18.2. The Kier molecular flexibility index (Phi) is 4.07. The van der Waals surface area contributed by atoms with E-state index in [0.717, 1.165) is 16.6 Å². The van der Waals surface area contributed by atoms with Crippen LogP contribution in [-0.2, 0) is 10.1 Å². The predicted octanol–water partition coefficient (Wildman–Crippen LogP) is 1.71. The summed E-state index contributed by atoms with van der Waals surface area (Å²) in [7, 11) is -4.48. The van der Waals surface area contributed by atoms with E-state index in [0.29, 0.717) is 5.70 Å². The number of H-pyrrole nitrogens is 1. The Morgan fingerprint density at radius 1 is 1.24 bits per heavy atom. The van der Waals surface area contributed by atoms with Gasteiger partial charge in [0, 0.05) is 11.3 Å². The topological polar surface area (TPSA) is 80.8 Å². The maximum Gasteiger partial charge on any atom is 0.534 e. The normalized spacial score (nSPS) is 15.4. The lowest BCUT2D eigenvalue weighted by molar-refractivity contribution is -0.0501. The number of alkyl halides is 3. The molecule has 0 atom stereocenters. The number of hydrogen-bond donors (Lipinski definition) is 1. The van der Waals surface area contributed by atoms with Crippen molar-refractivity contribution in [2.75, 3.05) is 7.11 Å². The second kappa shape index (κ2) is 5.96. The average Bonchev–Trinajstić information content (AvgIpc) is 3.08. The molecule has 6 nitrogen and oxygen atoms in total. The summed E-state index contributed by atoms with van der Waals surface area (Å²) >= 11 is 0. The number of ether oxygens (including phenoxy) is 1. The molecule has 0 aliphatic carbocycles. The van der Waals surface area contributed by atoms with E-state index < -0.39 is 21.5 Å². The van der Waals surface area contributed by atoms with Gasteiger partial charge in [0.1, 0.15) is 5.75 Å². The van der Waals surface area contributed by atoms with Crippen molar-refractivity contribution in [1.82, 2.24) is 4.98 Å². The summed E-state index contributed by atoms with van der Waals surface area (Å²) in [4.78, 5) is 6.77. The number of aromatic nitrogens is 1. The van der Waals surface area contributed by atoms with E-state index in [2.05, 4.69) is 14.2 Å². The van der Waals surface area contributed by atoms with Crippen LogP contribution in [0, 0.1) is 0 Å². The Morgan fingerprint density at radius 3 is 2.60 bits per heavy atom. The fraction of sp³-hybridized carbons (Fsp3) is 0.133. The maximum atomic E-state index is 12.4. The van der Waals surface area contributed by atoms with Gasteiger partial charge >= 0.3 is 15.6 Å². The lowest BCUT2D eigenvalue weighted by atomic mass is 10.2. The number of hydrogen-bond acceptors (Lipinski definition) is 5. The Labute approximate surface area is 140 Å². The van der Waals surface area contributed by atoms with Crippen LogP contribution >= 0.6 is 0 Å². The molecular weight excluding hydrogens is 361 g/mol. The van der Waals surface area contributed by atoms with E-state index >= 15 is 0 Å². The van der Waals surface area contributed by atoms with Gasteiger partial charge in [0.2, 0.25) is 5.88 Å². The fourth-order valence-electron chi connectivity index (χ4n) is 2.18. The molecule has 25 heavy (non-hydrogen) atoms. The summed E-state index contributed by atoms with van der Waals surface area (Å²) in [6, 6.07) is 8.34. The Hall–Kier alpha value is -2.75. The zero-order valence-electron chi connectivity index (χ0n) is 12.7. The molecule has 1 N–H and O–H groups in total. The van der Waals surface area contributed by atoms with E-state index in [-0.39, 0.29) is 11.4 Å². The number of fused-ring (bicyclic) bond motifs is 1. The molecule has 2 heterocycles. The van der Waals surface area contributed by atoms with Gasteiger partial charge in [-0.25, -0.2) is 4.99 Å². The van der Waals surface area contributed by atoms with Crippen molar-refractivity contribution < 1.29 is 30.5 Å². The summed E-state index contributed by atoms with van der Waals surface area (Å²) in [5.74, 6) is -0.504. The molecule has 0 saturated heterocycles. The molecule has 1 aromatic heterocycles. The molecule has 3 rings (SSSR count). The van der Waals surface area contributed by atoms with Gasteiger partial charge in [0.25, 0.3) is 0 Å². The predicted molar refractivity (Wildman–Crippen MR) is 82.6 cm³/mol. The van der Waals surface area contributed by atoms with Crippen LogP contribution in [0.1, 0.15) is 5.69 Å². The highest BCUT2D eigenvalue weighted by Crippen LogP contribution is 2.31. The third kappa shape index (κ3) is 3.38. The Bertz CT molecular complexity index is 1030. The van der Waals surface area contributed by atoms with Crippen molar-refractivity contribution in [1.29, 1.82) is 0 Å². The first-order valence-corrected chi connectivity index (χ1v) is 8.25. The summed E-state index contributed by atoms with van der Waals surface area (Å²) in [5.41, 5.74) is -4.79. The van der Waals surface area contributed by atoms with Gasteiger partial charge in [-0.2, -0.15) is 21.6 Å². The van der Waals surface area contributed by atoms with E-state index in [1.165, 1.54) is 13.2 Å². The first-order chi connectivity index (χ1) is 11.7. The number of rotatable bonds is 4. The van der Waals surface area contributed by atoms with Crippen LogP contribution in [0.5, 0.6) is 11.6 Å². The van der Waals surface area contributed by atoms with Crippen molar-refractivity contribution in [3.8, 4) is 11.6 Å². The highest BCUT2D eigenvalue weighted by Gasteiger charge is 2.48. The molecule has 132 valence electrons. The van der Waals surface area contributed by atoms with Crippen LogP contribution in [-0.4, -0.2) is 26.0 Å².